The minimum atomic E-state index is 0.528. The molecule has 0 fully saturated rings. The maximum atomic E-state index is 5.95. The van der Waals surface area contributed by atoms with Crippen LogP contribution in [0.3, 0.4) is 0 Å². The monoisotopic (exact) mass is 316 g/mol. The molecule has 0 aliphatic heterocycles. The number of benzene rings is 1. The molecule has 0 atom stereocenters. The number of rotatable bonds is 4. The molecule has 5 nitrogen and oxygen atoms in total. The highest BCUT2D eigenvalue weighted by molar-refractivity contribution is 6.31. The van der Waals surface area contributed by atoms with E-state index in [0.29, 0.717) is 18.2 Å². The molecule has 0 saturated carbocycles. The Balaban J connectivity index is 1.74. The van der Waals surface area contributed by atoms with Gasteiger partial charge in [0.05, 0.1) is 11.6 Å². The summed E-state index contributed by atoms with van der Waals surface area (Å²) in [5.74, 6) is 1.70. The fraction of sp³-hybridized carbons (Fsp3) is 0.250. The van der Waals surface area contributed by atoms with Crippen LogP contribution in [0, 0.1) is 13.8 Å². The third-order valence-electron chi connectivity index (χ3n) is 3.57. The SMILES string of the molecule is Cc1cc(OCCn2c(C)nc3cc(Cl)cnc32)ccc1N. The van der Waals surface area contributed by atoms with E-state index >= 15 is 0 Å². The van der Waals surface area contributed by atoms with Gasteiger partial charge in [0.25, 0.3) is 0 Å². The Kier molecular flexibility index (Phi) is 3.90. The van der Waals surface area contributed by atoms with E-state index < -0.39 is 0 Å². The van der Waals surface area contributed by atoms with Gasteiger partial charge in [-0.15, -0.1) is 0 Å². The predicted molar refractivity (Wildman–Crippen MR) is 88.4 cm³/mol. The van der Waals surface area contributed by atoms with Gasteiger partial charge in [-0.05, 0) is 43.7 Å². The number of halogens is 1. The van der Waals surface area contributed by atoms with E-state index in [4.69, 9.17) is 22.1 Å². The molecular weight excluding hydrogens is 300 g/mol. The second-order valence-electron chi connectivity index (χ2n) is 5.17. The van der Waals surface area contributed by atoms with Crippen LogP contribution in [0.2, 0.25) is 5.02 Å². The average Bonchev–Trinajstić information content (AvgIpc) is 2.78. The highest BCUT2D eigenvalue weighted by Gasteiger charge is 2.09. The van der Waals surface area contributed by atoms with Gasteiger partial charge in [0.15, 0.2) is 5.65 Å². The maximum absolute atomic E-state index is 5.95. The van der Waals surface area contributed by atoms with E-state index in [1.807, 2.05) is 42.7 Å². The molecular formula is C16H17ClN4O. The topological polar surface area (TPSA) is 66.0 Å². The van der Waals surface area contributed by atoms with Crippen molar-refractivity contribution in [3.63, 3.8) is 0 Å². The summed E-state index contributed by atoms with van der Waals surface area (Å²) in [5.41, 5.74) is 9.20. The third-order valence-corrected chi connectivity index (χ3v) is 3.77. The summed E-state index contributed by atoms with van der Waals surface area (Å²) >= 11 is 5.95. The van der Waals surface area contributed by atoms with Gasteiger partial charge in [-0.3, -0.25) is 0 Å². The van der Waals surface area contributed by atoms with E-state index in [9.17, 15) is 0 Å². The standard InChI is InChI=1S/C16H17ClN4O/c1-10-7-13(3-4-14(10)18)22-6-5-21-11(2)20-15-8-12(17)9-19-16(15)21/h3-4,7-9H,5-6,18H2,1-2H3. The van der Waals surface area contributed by atoms with Crippen LogP contribution >= 0.6 is 11.6 Å². The van der Waals surface area contributed by atoms with Crippen molar-refractivity contribution < 1.29 is 4.74 Å². The van der Waals surface area contributed by atoms with Crippen LogP contribution in [0.25, 0.3) is 11.2 Å². The van der Waals surface area contributed by atoms with Gasteiger partial charge < -0.3 is 15.0 Å². The number of nitrogens with zero attached hydrogens (tertiary/aromatic N) is 3. The molecule has 0 saturated heterocycles. The van der Waals surface area contributed by atoms with E-state index in [1.54, 1.807) is 6.20 Å². The summed E-state index contributed by atoms with van der Waals surface area (Å²) in [4.78, 5) is 8.82. The van der Waals surface area contributed by atoms with Gasteiger partial charge in [0.1, 0.15) is 23.7 Å². The van der Waals surface area contributed by atoms with E-state index in [2.05, 4.69) is 9.97 Å². The van der Waals surface area contributed by atoms with Crippen LogP contribution in [-0.4, -0.2) is 21.1 Å². The molecule has 22 heavy (non-hydrogen) atoms. The molecule has 0 unspecified atom stereocenters. The van der Waals surface area contributed by atoms with Crippen molar-refractivity contribution in [3.8, 4) is 5.75 Å². The lowest BCUT2D eigenvalue weighted by atomic mass is 10.2. The van der Waals surface area contributed by atoms with Crippen molar-refractivity contribution >= 4 is 28.5 Å². The molecule has 0 aliphatic carbocycles. The Hall–Kier alpha value is -2.27. The first-order valence-electron chi connectivity index (χ1n) is 7.02. The zero-order valence-corrected chi connectivity index (χ0v) is 13.3. The molecule has 0 radical (unpaired) electrons. The number of fused-ring (bicyclic) bond motifs is 1. The Morgan fingerprint density at radius 1 is 1.27 bits per heavy atom. The second-order valence-corrected chi connectivity index (χ2v) is 5.61. The third kappa shape index (κ3) is 2.85. The molecule has 0 spiro atoms. The molecule has 1 aromatic carbocycles. The Morgan fingerprint density at radius 3 is 2.86 bits per heavy atom. The summed E-state index contributed by atoms with van der Waals surface area (Å²) in [6, 6.07) is 7.48. The number of nitrogen functional groups attached to an aromatic ring is 1. The molecule has 3 aromatic rings. The van der Waals surface area contributed by atoms with Crippen LogP contribution in [0.4, 0.5) is 5.69 Å². The maximum Gasteiger partial charge on any atom is 0.160 e. The Morgan fingerprint density at radius 2 is 2.09 bits per heavy atom. The fourth-order valence-corrected chi connectivity index (χ4v) is 2.51. The van der Waals surface area contributed by atoms with Gasteiger partial charge in [0, 0.05) is 11.9 Å². The van der Waals surface area contributed by atoms with Crippen LogP contribution < -0.4 is 10.5 Å². The van der Waals surface area contributed by atoms with Crippen LogP contribution in [0.1, 0.15) is 11.4 Å². The van der Waals surface area contributed by atoms with E-state index in [1.165, 1.54) is 0 Å². The van der Waals surface area contributed by atoms with Crippen molar-refractivity contribution in [1.82, 2.24) is 14.5 Å². The summed E-state index contributed by atoms with van der Waals surface area (Å²) < 4.78 is 7.81. The zero-order valence-electron chi connectivity index (χ0n) is 12.5. The quantitative estimate of drug-likeness (QED) is 0.749. The first-order valence-corrected chi connectivity index (χ1v) is 7.39. The number of pyridine rings is 1. The number of nitrogens with two attached hydrogens (primary N) is 1. The van der Waals surface area contributed by atoms with Crippen LogP contribution in [0.15, 0.2) is 30.5 Å². The Bertz CT molecular complexity index is 828. The lowest BCUT2D eigenvalue weighted by Crippen LogP contribution is -2.10. The van der Waals surface area contributed by atoms with Crippen molar-refractivity contribution in [1.29, 1.82) is 0 Å². The van der Waals surface area contributed by atoms with Crippen LogP contribution in [-0.2, 0) is 6.54 Å². The summed E-state index contributed by atoms with van der Waals surface area (Å²) in [6.45, 7) is 5.10. The molecule has 0 aliphatic rings. The largest absolute Gasteiger partial charge is 0.492 e. The fourth-order valence-electron chi connectivity index (χ4n) is 2.36. The highest BCUT2D eigenvalue weighted by Crippen LogP contribution is 2.20. The number of aryl methyl sites for hydroxylation is 2. The van der Waals surface area contributed by atoms with Gasteiger partial charge in [-0.2, -0.15) is 0 Å². The van der Waals surface area contributed by atoms with E-state index in [-0.39, 0.29) is 0 Å². The number of ether oxygens (including phenoxy) is 1. The molecule has 114 valence electrons. The lowest BCUT2D eigenvalue weighted by Gasteiger charge is -2.10. The normalized spacial score (nSPS) is 11.0. The molecule has 2 aromatic heterocycles. The Labute approximate surface area is 133 Å². The van der Waals surface area contributed by atoms with Gasteiger partial charge in [0.2, 0.25) is 0 Å². The van der Waals surface area contributed by atoms with Gasteiger partial charge in [-0.1, -0.05) is 11.6 Å². The summed E-state index contributed by atoms with van der Waals surface area (Å²) in [7, 11) is 0. The summed E-state index contributed by atoms with van der Waals surface area (Å²) in [5, 5.41) is 0.589. The predicted octanol–water partition coefficient (Wildman–Crippen LogP) is 3.36. The van der Waals surface area contributed by atoms with Crippen molar-refractivity contribution in [2.45, 2.75) is 20.4 Å². The molecule has 0 amide bonds. The zero-order chi connectivity index (χ0) is 15.7. The minimum absolute atomic E-state index is 0.528. The second kappa shape index (κ2) is 5.85. The molecule has 2 heterocycles. The van der Waals surface area contributed by atoms with Gasteiger partial charge in [-0.25, -0.2) is 9.97 Å². The smallest absolute Gasteiger partial charge is 0.160 e. The molecule has 6 heteroatoms. The van der Waals surface area contributed by atoms with Crippen molar-refractivity contribution in [2.24, 2.45) is 0 Å². The van der Waals surface area contributed by atoms with Crippen LogP contribution in [0.5, 0.6) is 5.75 Å². The summed E-state index contributed by atoms with van der Waals surface area (Å²) in [6.07, 6.45) is 1.63. The average molecular weight is 317 g/mol. The first-order chi connectivity index (χ1) is 10.5. The first kappa shape index (κ1) is 14.7. The van der Waals surface area contributed by atoms with Gasteiger partial charge >= 0.3 is 0 Å². The van der Waals surface area contributed by atoms with Crippen molar-refractivity contribution in [3.05, 3.63) is 46.9 Å². The molecule has 0 bridgehead atoms. The van der Waals surface area contributed by atoms with Crippen molar-refractivity contribution in [2.75, 3.05) is 12.3 Å². The number of hydrogen-bond donors (Lipinski definition) is 1. The lowest BCUT2D eigenvalue weighted by molar-refractivity contribution is 0.298. The minimum Gasteiger partial charge on any atom is -0.492 e. The number of anilines is 1. The van der Waals surface area contributed by atoms with E-state index in [0.717, 1.165) is 34.0 Å². The number of hydrogen-bond acceptors (Lipinski definition) is 4. The number of imidazole rings is 1. The molecule has 2 N–H and O–H groups in total. The molecule has 3 rings (SSSR count). The number of aromatic nitrogens is 3. The highest BCUT2D eigenvalue weighted by atomic mass is 35.5.